The first-order valence-electron chi connectivity index (χ1n) is 9.11. The molecule has 2 aromatic rings. The second-order valence-electron chi connectivity index (χ2n) is 6.79. The second kappa shape index (κ2) is 8.84. The summed E-state index contributed by atoms with van der Waals surface area (Å²) in [4.78, 5) is 4.92. The summed E-state index contributed by atoms with van der Waals surface area (Å²) in [7, 11) is 0.211. The van der Waals surface area contributed by atoms with Gasteiger partial charge < -0.3 is 9.64 Å². The van der Waals surface area contributed by atoms with Gasteiger partial charge in [0, 0.05) is 38.8 Å². The maximum Gasteiger partial charge on any atom is 0.240 e. The lowest BCUT2D eigenvalue weighted by atomic mass is 10.0. The van der Waals surface area contributed by atoms with Gasteiger partial charge in [-0.25, -0.2) is 13.1 Å². The molecule has 1 saturated heterocycles. The van der Waals surface area contributed by atoms with Crippen LogP contribution < -0.4 is 9.46 Å². The van der Waals surface area contributed by atoms with E-state index in [1.807, 2.05) is 30.3 Å². The van der Waals surface area contributed by atoms with E-state index < -0.39 is 10.0 Å². The lowest BCUT2D eigenvalue weighted by molar-refractivity contribution is 0.113. The maximum atomic E-state index is 12.6. The molecule has 146 valence electrons. The van der Waals surface area contributed by atoms with E-state index in [-0.39, 0.29) is 10.9 Å². The van der Waals surface area contributed by atoms with Crippen LogP contribution in [-0.4, -0.2) is 65.1 Å². The van der Waals surface area contributed by atoms with Gasteiger partial charge in [-0.3, -0.25) is 4.90 Å². The Hall–Kier alpha value is -1.93. The summed E-state index contributed by atoms with van der Waals surface area (Å²) in [6, 6.07) is 16.3. The summed E-state index contributed by atoms with van der Waals surface area (Å²) in [6.07, 6.45) is 0. The number of nitrogens with zero attached hydrogens (tertiary/aromatic N) is 2. The van der Waals surface area contributed by atoms with Crippen molar-refractivity contribution in [1.82, 2.24) is 14.5 Å². The number of rotatable bonds is 7. The minimum atomic E-state index is -3.54. The molecule has 1 heterocycles. The second-order valence-corrected chi connectivity index (χ2v) is 8.56. The van der Waals surface area contributed by atoms with Gasteiger partial charge in [0.2, 0.25) is 10.0 Å². The number of piperazine rings is 1. The molecule has 2 aromatic carbocycles. The van der Waals surface area contributed by atoms with Crippen molar-refractivity contribution in [1.29, 1.82) is 0 Å². The summed E-state index contributed by atoms with van der Waals surface area (Å²) in [5.74, 6) is 0.792. The van der Waals surface area contributed by atoms with Gasteiger partial charge in [0.25, 0.3) is 0 Å². The van der Waals surface area contributed by atoms with E-state index in [1.54, 1.807) is 31.4 Å². The topological polar surface area (TPSA) is 61.9 Å². The minimum Gasteiger partial charge on any atom is -0.497 e. The van der Waals surface area contributed by atoms with E-state index in [0.717, 1.165) is 37.5 Å². The van der Waals surface area contributed by atoms with Crippen LogP contribution in [0.3, 0.4) is 0 Å². The van der Waals surface area contributed by atoms with Crippen molar-refractivity contribution in [2.45, 2.75) is 10.9 Å². The van der Waals surface area contributed by atoms with Crippen LogP contribution in [0.25, 0.3) is 0 Å². The molecule has 1 aliphatic heterocycles. The van der Waals surface area contributed by atoms with E-state index in [1.165, 1.54) is 0 Å². The lowest BCUT2D eigenvalue weighted by Gasteiger charge is -2.38. The number of methoxy groups -OCH3 is 1. The highest BCUT2D eigenvalue weighted by Crippen LogP contribution is 2.24. The van der Waals surface area contributed by atoms with Gasteiger partial charge in [-0.1, -0.05) is 30.3 Å². The van der Waals surface area contributed by atoms with Gasteiger partial charge in [0.1, 0.15) is 5.75 Å². The monoisotopic (exact) mass is 389 g/mol. The standard InChI is InChI=1S/C20H27N3O3S/c1-22-12-14-23(15-13-22)20(17-8-10-18(26-2)11-9-17)16-21-27(24,25)19-6-4-3-5-7-19/h3-11,20-21H,12-16H2,1-2H3/t20-/m0/s1. The molecule has 0 spiro atoms. The molecule has 6 nitrogen and oxygen atoms in total. The Morgan fingerprint density at radius 3 is 2.22 bits per heavy atom. The fourth-order valence-electron chi connectivity index (χ4n) is 3.29. The van der Waals surface area contributed by atoms with Gasteiger partial charge in [-0.2, -0.15) is 0 Å². The van der Waals surface area contributed by atoms with E-state index in [4.69, 9.17) is 4.74 Å². The van der Waals surface area contributed by atoms with Crippen LogP contribution in [0.2, 0.25) is 0 Å². The summed E-state index contributed by atoms with van der Waals surface area (Å²) in [5.41, 5.74) is 1.08. The molecule has 27 heavy (non-hydrogen) atoms. The molecule has 0 bridgehead atoms. The average Bonchev–Trinajstić information content (AvgIpc) is 2.70. The average molecular weight is 390 g/mol. The zero-order valence-corrected chi connectivity index (χ0v) is 16.7. The van der Waals surface area contributed by atoms with Crippen LogP contribution in [0.15, 0.2) is 59.5 Å². The van der Waals surface area contributed by atoms with Crippen molar-refractivity contribution < 1.29 is 13.2 Å². The van der Waals surface area contributed by atoms with Gasteiger partial charge in [0.05, 0.1) is 12.0 Å². The molecule has 0 aliphatic carbocycles. The minimum absolute atomic E-state index is 0.0249. The maximum absolute atomic E-state index is 12.6. The molecule has 0 amide bonds. The van der Waals surface area contributed by atoms with Gasteiger partial charge in [-0.15, -0.1) is 0 Å². The number of nitrogens with one attached hydrogen (secondary N) is 1. The van der Waals surface area contributed by atoms with Crippen LogP contribution >= 0.6 is 0 Å². The van der Waals surface area contributed by atoms with Crippen LogP contribution in [0.1, 0.15) is 11.6 Å². The summed E-state index contributed by atoms with van der Waals surface area (Å²) >= 11 is 0. The molecule has 3 rings (SSSR count). The first kappa shape index (κ1) is 19.8. The molecule has 0 unspecified atom stereocenters. The quantitative estimate of drug-likeness (QED) is 0.784. The molecule has 1 aliphatic rings. The Balaban J connectivity index is 1.79. The third kappa shape index (κ3) is 5.07. The van der Waals surface area contributed by atoms with Crippen LogP contribution in [0.4, 0.5) is 0 Å². The first-order chi connectivity index (χ1) is 13.0. The molecule has 7 heteroatoms. The zero-order valence-electron chi connectivity index (χ0n) is 15.8. The Morgan fingerprint density at radius 2 is 1.63 bits per heavy atom. The Kier molecular flexibility index (Phi) is 6.49. The van der Waals surface area contributed by atoms with Crippen molar-refractivity contribution in [2.75, 3.05) is 46.9 Å². The smallest absolute Gasteiger partial charge is 0.240 e. The highest BCUT2D eigenvalue weighted by Gasteiger charge is 2.26. The van der Waals surface area contributed by atoms with Crippen molar-refractivity contribution in [3.8, 4) is 5.75 Å². The van der Waals surface area contributed by atoms with E-state index in [0.29, 0.717) is 6.54 Å². The largest absolute Gasteiger partial charge is 0.497 e. The Bertz CT molecular complexity index is 817. The summed E-state index contributed by atoms with van der Waals surface area (Å²) in [5, 5.41) is 0. The molecule has 1 fully saturated rings. The van der Waals surface area contributed by atoms with Crippen molar-refractivity contribution in [2.24, 2.45) is 0 Å². The zero-order chi connectivity index (χ0) is 19.3. The highest BCUT2D eigenvalue weighted by atomic mass is 32.2. The van der Waals surface area contributed by atoms with Crippen LogP contribution in [-0.2, 0) is 10.0 Å². The van der Waals surface area contributed by atoms with E-state index in [2.05, 4.69) is 21.6 Å². The molecule has 1 atom stereocenters. The van der Waals surface area contributed by atoms with Crippen LogP contribution in [0, 0.1) is 0 Å². The summed E-state index contributed by atoms with van der Waals surface area (Å²) < 4.78 is 33.3. The molecule has 1 N–H and O–H groups in total. The normalized spacial score (nSPS) is 17.6. The van der Waals surface area contributed by atoms with Crippen molar-refractivity contribution in [3.05, 3.63) is 60.2 Å². The third-order valence-electron chi connectivity index (χ3n) is 5.00. The Labute approximate surface area is 161 Å². The van der Waals surface area contributed by atoms with Crippen molar-refractivity contribution in [3.63, 3.8) is 0 Å². The fraction of sp³-hybridized carbons (Fsp3) is 0.400. The van der Waals surface area contributed by atoms with E-state index >= 15 is 0 Å². The molecular formula is C20H27N3O3S. The number of hydrogen-bond donors (Lipinski definition) is 1. The molecule has 0 aromatic heterocycles. The number of likely N-dealkylation sites (N-methyl/N-ethyl adjacent to an activating group) is 1. The molecular weight excluding hydrogens is 362 g/mol. The highest BCUT2D eigenvalue weighted by molar-refractivity contribution is 7.89. The fourth-order valence-corrected chi connectivity index (χ4v) is 4.35. The first-order valence-corrected chi connectivity index (χ1v) is 10.6. The number of ether oxygens (including phenoxy) is 1. The predicted octanol–water partition coefficient (Wildman–Crippen LogP) is 1.96. The predicted molar refractivity (Wildman–Crippen MR) is 106 cm³/mol. The lowest BCUT2D eigenvalue weighted by Crippen LogP contribution is -2.48. The molecule has 0 saturated carbocycles. The Morgan fingerprint density at radius 1 is 1.00 bits per heavy atom. The summed E-state index contributed by atoms with van der Waals surface area (Å²) in [6.45, 7) is 4.07. The van der Waals surface area contributed by atoms with Gasteiger partial charge >= 0.3 is 0 Å². The molecule has 0 radical (unpaired) electrons. The third-order valence-corrected chi connectivity index (χ3v) is 6.44. The SMILES string of the molecule is COc1ccc([C@H](CNS(=O)(=O)c2ccccc2)N2CCN(C)CC2)cc1. The number of hydrogen-bond acceptors (Lipinski definition) is 5. The van der Waals surface area contributed by atoms with E-state index in [9.17, 15) is 8.42 Å². The number of benzene rings is 2. The number of sulfonamides is 1. The van der Waals surface area contributed by atoms with Gasteiger partial charge in [-0.05, 0) is 36.9 Å². The van der Waals surface area contributed by atoms with Crippen molar-refractivity contribution >= 4 is 10.0 Å². The van der Waals surface area contributed by atoms with Gasteiger partial charge in [0.15, 0.2) is 0 Å². The van der Waals surface area contributed by atoms with Crippen LogP contribution in [0.5, 0.6) is 5.75 Å².